The highest BCUT2D eigenvalue weighted by molar-refractivity contribution is 14.1. The van der Waals surface area contributed by atoms with Gasteiger partial charge in [-0.25, -0.2) is 0 Å². The van der Waals surface area contributed by atoms with Gasteiger partial charge in [0.25, 0.3) is 5.91 Å². The number of carbonyl (C=O) groups excluding carboxylic acids is 1. The quantitative estimate of drug-likeness (QED) is 0.717. The number of nitrogens with one attached hydrogen (secondary N) is 1. The molecule has 2 rings (SSSR count). The van der Waals surface area contributed by atoms with Crippen molar-refractivity contribution >= 4 is 39.8 Å². The van der Waals surface area contributed by atoms with Gasteiger partial charge in [-0.1, -0.05) is 19.9 Å². The predicted molar refractivity (Wildman–Crippen MR) is 94.7 cm³/mol. The molecule has 1 aromatic heterocycles. The van der Waals surface area contributed by atoms with Crippen molar-refractivity contribution in [2.75, 3.05) is 6.61 Å². The number of rotatable bonds is 6. The van der Waals surface area contributed by atoms with Crippen molar-refractivity contribution in [1.82, 2.24) is 5.32 Å². The smallest absolute Gasteiger partial charge is 0.258 e. The van der Waals surface area contributed by atoms with Gasteiger partial charge in [-0.05, 0) is 64.2 Å². The molecule has 0 aliphatic heterocycles. The summed E-state index contributed by atoms with van der Waals surface area (Å²) in [4.78, 5) is 13.2. The summed E-state index contributed by atoms with van der Waals surface area (Å²) in [6, 6.07) is 11.7. The topological polar surface area (TPSA) is 38.3 Å². The summed E-state index contributed by atoms with van der Waals surface area (Å²) < 4.78 is 6.65. The average Bonchev–Trinajstić information content (AvgIpc) is 2.97. The number of benzene rings is 1. The van der Waals surface area contributed by atoms with Crippen LogP contribution in [0, 0.1) is 9.49 Å². The standard InChI is InChI=1S/C16H18INO2S/c1-11(2)16(14-4-3-9-21-14)18-15(19)10-20-13-7-5-12(17)6-8-13/h3-9,11,16H,10H2,1-2H3,(H,18,19). The molecule has 21 heavy (non-hydrogen) atoms. The lowest BCUT2D eigenvalue weighted by Crippen LogP contribution is -2.34. The Kier molecular flexibility index (Phi) is 6.05. The molecule has 1 N–H and O–H groups in total. The lowest BCUT2D eigenvalue weighted by molar-refractivity contribution is -0.124. The second-order valence-electron chi connectivity index (χ2n) is 5.05. The van der Waals surface area contributed by atoms with E-state index in [0.29, 0.717) is 11.7 Å². The second-order valence-corrected chi connectivity index (χ2v) is 7.27. The summed E-state index contributed by atoms with van der Waals surface area (Å²) in [7, 11) is 0. The molecule has 0 aliphatic rings. The number of thiophene rings is 1. The molecular formula is C16H18INO2S. The minimum atomic E-state index is -0.0966. The maximum absolute atomic E-state index is 12.1. The molecule has 0 saturated heterocycles. The van der Waals surface area contributed by atoms with Crippen molar-refractivity contribution in [2.24, 2.45) is 5.92 Å². The van der Waals surface area contributed by atoms with Crippen molar-refractivity contribution < 1.29 is 9.53 Å². The fourth-order valence-corrected chi connectivity index (χ4v) is 3.24. The van der Waals surface area contributed by atoms with Crippen LogP contribution in [0.5, 0.6) is 5.75 Å². The third-order valence-corrected chi connectivity index (χ3v) is 4.69. The monoisotopic (exact) mass is 415 g/mol. The zero-order valence-electron chi connectivity index (χ0n) is 12.0. The number of hydrogen-bond acceptors (Lipinski definition) is 3. The Bertz CT molecular complexity index is 566. The molecule has 0 spiro atoms. The van der Waals surface area contributed by atoms with Crippen molar-refractivity contribution in [3.8, 4) is 5.75 Å². The summed E-state index contributed by atoms with van der Waals surface area (Å²) >= 11 is 3.89. The fourth-order valence-electron chi connectivity index (χ4n) is 1.93. The lowest BCUT2D eigenvalue weighted by Gasteiger charge is -2.21. The minimum Gasteiger partial charge on any atom is -0.484 e. The van der Waals surface area contributed by atoms with Crippen LogP contribution in [0.2, 0.25) is 0 Å². The molecule has 0 bridgehead atoms. The molecular weight excluding hydrogens is 397 g/mol. The number of halogens is 1. The van der Waals surface area contributed by atoms with Gasteiger partial charge >= 0.3 is 0 Å². The molecule has 1 aromatic carbocycles. The summed E-state index contributed by atoms with van der Waals surface area (Å²) in [5, 5.41) is 5.07. The van der Waals surface area contributed by atoms with Crippen LogP contribution in [0.3, 0.4) is 0 Å². The first kappa shape index (κ1) is 16.3. The van der Waals surface area contributed by atoms with Crippen LogP contribution in [0.4, 0.5) is 0 Å². The normalized spacial score (nSPS) is 12.2. The number of carbonyl (C=O) groups is 1. The predicted octanol–water partition coefficient (Wildman–Crippen LogP) is 4.25. The van der Waals surface area contributed by atoms with Crippen LogP contribution in [0.15, 0.2) is 41.8 Å². The third-order valence-electron chi connectivity index (χ3n) is 3.02. The molecule has 1 unspecified atom stereocenters. The molecule has 0 aliphatic carbocycles. The SMILES string of the molecule is CC(C)C(NC(=O)COc1ccc(I)cc1)c1cccs1. The molecule has 1 atom stereocenters. The van der Waals surface area contributed by atoms with Gasteiger partial charge in [0.2, 0.25) is 0 Å². The van der Waals surface area contributed by atoms with E-state index in [2.05, 4.69) is 47.8 Å². The first-order valence-electron chi connectivity index (χ1n) is 6.77. The van der Waals surface area contributed by atoms with Gasteiger partial charge in [0.15, 0.2) is 6.61 Å². The summed E-state index contributed by atoms with van der Waals surface area (Å²) in [6.45, 7) is 4.24. The summed E-state index contributed by atoms with van der Waals surface area (Å²) in [5.41, 5.74) is 0. The Hall–Kier alpha value is -1.08. The maximum Gasteiger partial charge on any atom is 0.258 e. The molecule has 1 heterocycles. The molecule has 3 nitrogen and oxygen atoms in total. The molecule has 0 fully saturated rings. The number of ether oxygens (including phenoxy) is 1. The Morgan fingerprint density at radius 1 is 1.29 bits per heavy atom. The van der Waals surface area contributed by atoms with Crippen molar-refractivity contribution in [2.45, 2.75) is 19.9 Å². The fraction of sp³-hybridized carbons (Fsp3) is 0.312. The van der Waals surface area contributed by atoms with Gasteiger partial charge in [0.1, 0.15) is 5.75 Å². The highest BCUT2D eigenvalue weighted by Crippen LogP contribution is 2.25. The van der Waals surface area contributed by atoms with E-state index in [4.69, 9.17) is 4.74 Å². The average molecular weight is 415 g/mol. The van der Waals surface area contributed by atoms with E-state index in [-0.39, 0.29) is 18.6 Å². The molecule has 112 valence electrons. The van der Waals surface area contributed by atoms with Gasteiger partial charge in [-0.2, -0.15) is 0 Å². The van der Waals surface area contributed by atoms with E-state index >= 15 is 0 Å². The van der Waals surface area contributed by atoms with E-state index in [1.54, 1.807) is 11.3 Å². The van der Waals surface area contributed by atoms with E-state index in [0.717, 1.165) is 3.57 Å². The highest BCUT2D eigenvalue weighted by atomic mass is 127. The molecule has 2 aromatic rings. The van der Waals surface area contributed by atoms with Crippen LogP contribution < -0.4 is 10.1 Å². The number of hydrogen-bond donors (Lipinski definition) is 1. The van der Waals surface area contributed by atoms with E-state index in [1.165, 1.54) is 4.88 Å². The molecule has 5 heteroatoms. The molecule has 1 amide bonds. The van der Waals surface area contributed by atoms with E-state index in [1.807, 2.05) is 35.7 Å². The minimum absolute atomic E-state index is 0.0369. The first-order chi connectivity index (χ1) is 10.1. The van der Waals surface area contributed by atoms with Crippen molar-refractivity contribution in [3.63, 3.8) is 0 Å². The van der Waals surface area contributed by atoms with Crippen molar-refractivity contribution in [3.05, 3.63) is 50.2 Å². The summed E-state index contributed by atoms with van der Waals surface area (Å²) in [5.74, 6) is 0.953. The maximum atomic E-state index is 12.1. The second kappa shape index (κ2) is 7.79. The van der Waals surface area contributed by atoms with Crippen LogP contribution in [0.25, 0.3) is 0 Å². The van der Waals surface area contributed by atoms with Crippen LogP contribution in [-0.2, 0) is 4.79 Å². The first-order valence-corrected chi connectivity index (χ1v) is 8.73. The van der Waals surface area contributed by atoms with E-state index < -0.39 is 0 Å². The molecule has 0 radical (unpaired) electrons. The van der Waals surface area contributed by atoms with Gasteiger partial charge in [0.05, 0.1) is 6.04 Å². The zero-order chi connectivity index (χ0) is 15.2. The number of amides is 1. The largest absolute Gasteiger partial charge is 0.484 e. The Balaban J connectivity index is 1.89. The summed E-state index contributed by atoms with van der Waals surface area (Å²) in [6.07, 6.45) is 0. The van der Waals surface area contributed by atoms with E-state index in [9.17, 15) is 4.79 Å². The Labute approximate surface area is 142 Å². The van der Waals surface area contributed by atoms with Crippen LogP contribution >= 0.6 is 33.9 Å². The molecule has 0 saturated carbocycles. The highest BCUT2D eigenvalue weighted by Gasteiger charge is 2.19. The Morgan fingerprint density at radius 3 is 2.57 bits per heavy atom. The zero-order valence-corrected chi connectivity index (χ0v) is 15.0. The van der Waals surface area contributed by atoms with Gasteiger partial charge in [-0.3, -0.25) is 4.79 Å². The van der Waals surface area contributed by atoms with Gasteiger partial charge in [0, 0.05) is 8.45 Å². The van der Waals surface area contributed by atoms with Crippen LogP contribution in [0.1, 0.15) is 24.8 Å². The van der Waals surface area contributed by atoms with Crippen molar-refractivity contribution in [1.29, 1.82) is 0 Å². The van der Waals surface area contributed by atoms with Crippen LogP contribution in [-0.4, -0.2) is 12.5 Å². The van der Waals surface area contributed by atoms with Gasteiger partial charge < -0.3 is 10.1 Å². The van der Waals surface area contributed by atoms with Gasteiger partial charge in [-0.15, -0.1) is 11.3 Å². The lowest BCUT2D eigenvalue weighted by atomic mass is 10.0. The Morgan fingerprint density at radius 2 is 2.00 bits per heavy atom. The third kappa shape index (κ3) is 5.00.